The first kappa shape index (κ1) is 94.0. The van der Waals surface area contributed by atoms with Gasteiger partial charge in [-0.3, -0.25) is 0 Å². The van der Waals surface area contributed by atoms with E-state index in [1.165, 1.54) is 147 Å². The van der Waals surface area contributed by atoms with Gasteiger partial charge in [0.25, 0.3) is 0 Å². The van der Waals surface area contributed by atoms with E-state index in [0.717, 1.165) is 124 Å². The SMILES string of the molecule is CC(C)(C)C(C)(C)C.CC(C)C(C)C(C)C.CC1(C2CC2)CC1.CC1CC(C)(C)C1.CC1CC(C)(C)C1.CC1CC(C)C1C.CC1CC(C)C1C.CC1CCC1(C)C.CC1CCC1(C)C.CCC(C)C(C)(C)C.CCC1CC(C)C1.CCC1CCC1C.C[C@H]1CC1C1CC1. The van der Waals surface area contributed by atoms with Crippen molar-refractivity contribution in [1.29, 1.82) is 0 Å². The molecule has 0 spiro atoms. The van der Waals surface area contributed by atoms with Gasteiger partial charge < -0.3 is 0 Å². The molecule has 0 N–H and O–H groups in total. The highest BCUT2D eigenvalue weighted by atomic mass is 14.5. The van der Waals surface area contributed by atoms with Crippen LogP contribution in [0.5, 0.6) is 0 Å². The lowest BCUT2D eigenvalue weighted by Crippen LogP contribution is -2.31. The molecule has 0 saturated heterocycles. The molecule has 11 atom stereocenters. The van der Waals surface area contributed by atoms with Crippen molar-refractivity contribution >= 4 is 0 Å². The maximum atomic E-state index is 2.44. The minimum atomic E-state index is 0.437. The molecular formula is C94H190. The Morgan fingerprint density at radius 3 is 0.745 bits per heavy atom. The van der Waals surface area contributed by atoms with Gasteiger partial charge in [0.2, 0.25) is 0 Å². The van der Waals surface area contributed by atoms with E-state index >= 15 is 0 Å². The van der Waals surface area contributed by atoms with Gasteiger partial charge in [-0.1, -0.05) is 303 Å². The van der Waals surface area contributed by atoms with Crippen molar-refractivity contribution in [2.75, 3.05) is 0 Å². The van der Waals surface area contributed by atoms with E-state index in [4.69, 9.17) is 0 Å². The quantitative estimate of drug-likeness (QED) is 0.238. The Kier molecular flexibility index (Phi) is 41.3. The summed E-state index contributed by atoms with van der Waals surface area (Å²) in [5, 5.41) is 0. The predicted octanol–water partition coefficient (Wildman–Crippen LogP) is 32.6. The molecule has 12 fully saturated rings. The first-order valence-electron chi connectivity index (χ1n) is 42.5. The van der Waals surface area contributed by atoms with Crippen LogP contribution in [0.3, 0.4) is 0 Å². The molecule has 0 aliphatic heterocycles. The summed E-state index contributed by atoms with van der Waals surface area (Å²) in [4.78, 5) is 0. The van der Waals surface area contributed by atoms with Crippen LogP contribution in [0.2, 0.25) is 0 Å². The van der Waals surface area contributed by atoms with Crippen LogP contribution in [-0.4, -0.2) is 0 Å². The van der Waals surface area contributed by atoms with Crippen molar-refractivity contribution in [2.24, 2.45) is 174 Å². The second kappa shape index (κ2) is 41.3. The summed E-state index contributed by atoms with van der Waals surface area (Å²) in [7, 11) is 0. The van der Waals surface area contributed by atoms with Crippen LogP contribution >= 0.6 is 0 Å². The second-order valence-electron chi connectivity index (χ2n) is 44.0. The Balaban J connectivity index is 0.000000997. The number of hydrogen-bond donors (Lipinski definition) is 0. The molecule has 0 bridgehead atoms. The Bertz CT molecular complexity index is 1770. The van der Waals surface area contributed by atoms with Crippen LogP contribution in [0, 0.1) is 174 Å². The molecule has 12 rings (SSSR count). The lowest BCUT2D eigenvalue weighted by Gasteiger charge is -2.42. The van der Waals surface area contributed by atoms with Crippen LogP contribution in [0.4, 0.5) is 0 Å². The molecule has 12 aliphatic rings. The van der Waals surface area contributed by atoms with Gasteiger partial charge in [0.05, 0.1) is 0 Å². The third kappa shape index (κ3) is 38.3. The Labute approximate surface area is 601 Å². The number of rotatable bonds is 7. The maximum absolute atomic E-state index is 2.44. The fourth-order valence-electron chi connectivity index (χ4n) is 15.5. The van der Waals surface area contributed by atoms with Gasteiger partial charge in [0, 0.05) is 0 Å². The molecule has 12 aliphatic carbocycles. The summed E-state index contributed by atoms with van der Waals surface area (Å²) in [5.41, 5.74) is 4.99. The normalized spacial score (nSPS) is 33.5. The zero-order chi connectivity index (χ0) is 73.7. The van der Waals surface area contributed by atoms with Crippen molar-refractivity contribution in [2.45, 2.75) is 431 Å². The molecule has 0 aromatic rings. The van der Waals surface area contributed by atoms with Crippen LogP contribution in [0.1, 0.15) is 431 Å². The Morgan fingerprint density at radius 1 is 0.372 bits per heavy atom. The number of hydrogen-bond acceptors (Lipinski definition) is 0. The summed E-state index contributed by atoms with van der Waals surface area (Å²) in [6.45, 7) is 92.7. The highest BCUT2D eigenvalue weighted by molar-refractivity contribution is 5.00. The van der Waals surface area contributed by atoms with Crippen LogP contribution < -0.4 is 0 Å². The zero-order valence-electron chi connectivity index (χ0n) is 73.7. The van der Waals surface area contributed by atoms with Crippen molar-refractivity contribution in [1.82, 2.24) is 0 Å². The zero-order valence-corrected chi connectivity index (χ0v) is 73.7. The van der Waals surface area contributed by atoms with Crippen LogP contribution in [0.25, 0.3) is 0 Å². The van der Waals surface area contributed by atoms with Gasteiger partial charge in [-0.15, -0.1) is 0 Å². The van der Waals surface area contributed by atoms with E-state index in [9.17, 15) is 0 Å². The molecular weight excluding hydrogens is 1130 g/mol. The van der Waals surface area contributed by atoms with Crippen LogP contribution in [-0.2, 0) is 0 Å². The molecule has 0 nitrogen and oxygen atoms in total. The summed E-state index contributed by atoms with van der Waals surface area (Å²) in [5.74, 6) is 22.3. The summed E-state index contributed by atoms with van der Waals surface area (Å²) < 4.78 is 0. The monoisotopic (exact) mass is 1320 g/mol. The molecule has 10 unspecified atom stereocenters. The third-order valence-electron chi connectivity index (χ3n) is 29.6. The van der Waals surface area contributed by atoms with Crippen molar-refractivity contribution in [3.8, 4) is 0 Å². The maximum Gasteiger partial charge on any atom is -0.0297 e. The van der Waals surface area contributed by atoms with E-state index in [0.29, 0.717) is 37.9 Å². The van der Waals surface area contributed by atoms with Gasteiger partial charge in [-0.05, 0) is 302 Å². The third-order valence-corrected chi connectivity index (χ3v) is 29.6. The van der Waals surface area contributed by atoms with Crippen molar-refractivity contribution in [3.63, 3.8) is 0 Å². The molecule has 566 valence electrons. The Hall–Kier alpha value is 0. The smallest absolute Gasteiger partial charge is 0.0297 e. The lowest BCUT2D eigenvalue weighted by molar-refractivity contribution is 0.0891. The highest BCUT2D eigenvalue weighted by Gasteiger charge is 2.49. The van der Waals surface area contributed by atoms with E-state index in [2.05, 4.69) is 277 Å². The van der Waals surface area contributed by atoms with Gasteiger partial charge >= 0.3 is 0 Å². The fourth-order valence-corrected chi connectivity index (χ4v) is 15.5. The predicted molar refractivity (Wildman–Crippen MR) is 434 cm³/mol. The van der Waals surface area contributed by atoms with Crippen molar-refractivity contribution < 1.29 is 0 Å². The van der Waals surface area contributed by atoms with Gasteiger partial charge in [0.15, 0.2) is 0 Å². The molecule has 94 heavy (non-hydrogen) atoms. The highest BCUT2D eigenvalue weighted by Crippen LogP contribution is 2.61. The van der Waals surface area contributed by atoms with E-state index in [-0.39, 0.29) is 0 Å². The Morgan fingerprint density at radius 2 is 0.713 bits per heavy atom. The molecule has 0 amide bonds. The summed E-state index contributed by atoms with van der Waals surface area (Å²) >= 11 is 0. The largest absolute Gasteiger partial charge is 0.0651 e. The standard InChI is InChI=1S/3C8H18.2C7H12.8C7H14/c1-7(2,3)8(4,5)6;1-6-7(2)8(3,4)5;1-6(2)8(5)7(3)4;1-7(4-5-7)6-2-3-6;1-5-4-7(5)6-2-3-6;2*1-6-4-7(2,3)5-6;2*1-6-4-5-7(6,2)3;2*1-5-4-6(2)7(5)3;1-3-7-4-6(2)5-7;1-3-7-5-4-6(7)2/h1-6H3;7H,6H2,1-5H3;6-8H,1-5H3;6H,2-5H2,1H3;5-7H,2-4H2,1H3;4*6H,4-5H2,1-3H3;2*5-7H,4H2,1-3H3;2*6-7H,3-5H2,1-2H3/t;;;;5-,7?;;;;;;;;/m....0......../s1. The van der Waals surface area contributed by atoms with Crippen molar-refractivity contribution in [3.05, 3.63) is 0 Å². The lowest BCUT2D eigenvalue weighted by atomic mass is 9.64. The summed E-state index contributed by atoms with van der Waals surface area (Å²) in [6.07, 6.45) is 35.3. The van der Waals surface area contributed by atoms with Gasteiger partial charge in [-0.2, -0.15) is 0 Å². The minimum absolute atomic E-state index is 0.437. The molecule has 0 aromatic carbocycles. The molecule has 0 aromatic heterocycles. The summed E-state index contributed by atoms with van der Waals surface area (Å²) in [6, 6.07) is 0. The first-order chi connectivity index (χ1) is 42.5. The van der Waals surface area contributed by atoms with E-state index < -0.39 is 0 Å². The average Bonchev–Trinajstić information content (AvgIpc) is 1.89. The average molecular weight is 1320 g/mol. The second-order valence-corrected chi connectivity index (χ2v) is 44.0. The first-order valence-corrected chi connectivity index (χ1v) is 42.5. The molecule has 0 heterocycles. The van der Waals surface area contributed by atoms with E-state index in [1.807, 2.05) is 0 Å². The molecule has 0 radical (unpaired) electrons. The van der Waals surface area contributed by atoms with E-state index in [1.54, 1.807) is 19.3 Å². The molecule has 0 heteroatoms. The minimum Gasteiger partial charge on any atom is -0.0651 e. The topological polar surface area (TPSA) is 0 Å². The fraction of sp³-hybridized carbons (Fsp3) is 1.00. The van der Waals surface area contributed by atoms with Gasteiger partial charge in [-0.25, -0.2) is 0 Å². The molecule has 12 saturated carbocycles. The van der Waals surface area contributed by atoms with Gasteiger partial charge in [0.1, 0.15) is 0 Å². The van der Waals surface area contributed by atoms with Crippen LogP contribution in [0.15, 0.2) is 0 Å².